The van der Waals surface area contributed by atoms with E-state index in [-0.39, 0.29) is 6.42 Å². The van der Waals surface area contributed by atoms with Crippen molar-refractivity contribution in [2.75, 3.05) is 0 Å². The molecule has 3 heteroatoms. The minimum absolute atomic E-state index is 0.111. The van der Waals surface area contributed by atoms with Crippen LogP contribution in [0.2, 0.25) is 13.3 Å². The predicted octanol–water partition coefficient (Wildman–Crippen LogP) is 8.71. The number of carboxylic acids is 1. The van der Waals surface area contributed by atoms with Crippen LogP contribution < -0.4 is 5.11 Å². The van der Waals surface area contributed by atoms with Crippen LogP contribution in [0.15, 0.2) is 0 Å². The molecule has 0 heterocycles. The van der Waals surface area contributed by atoms with Crippen LogP contribution in [0.5, 0.6) is 0 Å². The van der Waals surface area contributed by atoms with E-state index in [1.807, 2.05) is 0 Å². The molecule has 0 amide bonds. The van der Waals surface area contributed by atoms with E-state index in [1.165, 1.54) is 103 Å². The second kappa shape index (κ2) is 29.3. The van der Waals surface area contributed by atoms with Gasteiger partial charge in [0.2, 0.25) is 0 Å². The third kappa shape index (κ3) is 30.5. The number of rotatable bonds is 22. The predicted molar refractivity (Wildman–Crippen MR) is 136 cm³/mol. The SMILES string of the molecule is CCC(=O)[O-].CCCCCCC[CH2][Sn+]([CH2]CCCCCCC)[CH2]CCCCCCC. The van der Waals surface area contributed by atoms with Gasteiger partial charge in [-0.2, -0.15) is 0 Å². The van der Waals surface area contributed by atoms with Crippen molar-refractivity contribution in [1.82, 2.24) is 0 Å². The molecule has 0 aromatic heterocycles. The fourth-order valence-corrected chi connectivity index (χ4v) is 12.4. The molecule has 0 aliphatic carbocycles. The normalized spacial score (nSPS) is 10.5. The molecule has 0 aliphatic rings. The van der Waals surface area contributed by atoms with Crippen LogP contribution in [0.1, 0.15) is 150 Å². The molecule has 0 aromatic rings. The molecule has 0 fully saturated rings. The fraction of sp³-hybridized carbons (Fsp3) is 0.963. The van der Waals surface area contributed by atoms with Crippen molar-refractivity contribution in [3.63, 3.8) is 0 Å². The number of hydrogen-bond acceptors (Lipinski definition) is 2. The molecule has 0 atom stereocenters. The molecule has 0 rings (SSSR count). The molecule has 2 nitrogen and oxygen atoms in total. The zero-order valence-electron chi connectivity index (χ0n) is 21.4. The van der Waals surface area contributed by atoms with Gasteiger partial charge in [0.05, 0.1) is 0 Å². The first-order valence-electron chi connectivity index (χ1n) is 13.7. The summed E-state index contributed by atoms with van der Waals surface area (Å²) in [5, 5.41) is 9.26. The molecule has 0 unspecified atom stereocenters. The molecule has 30 heavy (non-hydrogen) atoms. The molecule has 0 spiro atoms. The molecule has 0 N–H and O–H groups in total. The van der Waals surface area contributed by atoms with E-state index in [1.54, 1.807) is 32.6 Å². The Morgan fingerprint density at radius 2 is 0.733 bits per heavy atom. The van der Waals surface area contributed by atoms with Gasteiger partial charge in [-0.3, -0.25) is 0 Å². The van der Waals surface area contributed by atoms with E-state index in [2.05, 4.69) is 20.8 Å². The minimum atomic E-state index is -1.02. The summed E-state index contributed by atoms with van der Waals surface area (Å²) in [7, 11) is 0. The molecule has 0 radical (unpaired) electrons. The van der Waals surface area contributed by atoms with Crippen molar-refractivity contribution in [3.05, 3.63) is 0 Å². The molecule has 0 aromatic carbocycles. The Balaban J connectivity index is 0. The Labute approximate surface area is 198 Å². The number of carboxylic acid groups (broad SMARTS) is 1. The van der Waals surface area contributed by atoms with Gasteiger partial charge in [-0.25, -0.2) is 0 Å². The van der Waals surface area contributed by atoms with Crippen molar-refractivity contribution in [1.29, 1.82) is 0 Å². The van der Waals surface area contributed by atoms with E-state index in [0.29, 0.717) is 0 Å². The van der Waals surface area contributed by atoms with E-state index in [0.717, 1.165) is 0 Å². The molecule has 0 bridgehead atoms. The van der Waals surface area contributed by atoms with Gasteiger partial charge < -0.3 is 9.90 Å². The number of unbranched alkanes of at least 4 members (excludes halogenated alkanes) is 15. The summed E-state index contributed by atoms with van der Waals surface area (Å²) in [6.45, 7) is 8.52. The Morgan fingerprint density at radius 3 is 0.967 bits per heavy atom. The average Bonchev–Trinajstić information content (AvgIpc) is 2.75. The first kappa shape index (κ1) is 32.4. The van der Waals surface area contributed by atoms with Gasteiger partial charge in [0.25, 0.3) is 0 Å². The van der Waals surface area contributed by atoms with Gasteiger partial charge >= 0.3 is 169 Å². The van der Waals surface area contributed by atoms with Crippen LogP contribution in [0.4, 0.5) is 0 Å². The first-order valence-corrected chi connectivity index (χ1v) is 19.7. The Hall–Kier alpha value is 0.269. The van der Waals surface area contributed by atoms with Crippen molar-refractivity contribution in [2.24, 2.45) is 0 Å². The summed E-state index contributed by atoms with van der Waals surface area (Å²) in [6, 6.07) is 0. The van der Waals surface area contributed by atoms with Crippen LogP contribution in [-0.4, -0.2) is 25.7 Å². The van der Waals surface area contributed by atoms with Crippen molar-refractivity contribution < 1.29 is 9.90 Å². The van der Waals surface area contributed by atoms with Gasteiger partial charge in [0.1, 0.15) is 0 Å². The number of carbonyl (C=O) groups is 1. The maximum atomic E-state index is 9.26. The summed E-state index contributed by atoms with van der Waals surface area (Å²) in [6.07, 6.45) is 27.0. The standard InChI is InChI=1S/3C8H17.C3H6O2.Sn/c3*1-3-5-7-8-6-4-2;1-2-3(4)5;/h3*1,3-8H2,2H3;2H2,1H3,(H,4,5);/q;;;;+1/p-1. The van der Waals surface area contributed by atoms with Crippen LogP contribution >= 0.6 is 0 Å². The van der Waals surface area contributed by atoms with E-state index < -0.39 is 25.7 Å². The topological polar surface area (TPSA) is 40.1 Å². The quantitative estimate of drug-likeness (QED) is 0.104. The van der Waals surface area contributed by atoms with Crippen molar-refractivity contribution in [2.45, 2.75) is 163 Å². The Bertz CT molecular complexity index is 282. The van der Waals surface area contributed by atoms with Crippen LogP contribution in [0, 0.1) is 0 Å². The van der Waals surface area contributed by atoms with Gasteiger partial charge in [0.15, 0.2) is 0 Å². The zero-order valence-corrected chi connectivity index (χ0v) is 24.2. The van der Waals surface area contributed by atoms with Gasteiger partial charge in [-0.1, -0.05) is 6.92 Å². The Morgan fingerprint density at radius 1 is 0.500 bits per heavy atom. The summed E-state index contributed by atoms with van der Waals surface area (Å²) in [5.74, 6) is -0.995. The molecule has 0 aliphatic heterocycles. The van der Waals surface area contributed by atoms with Crippen molar-refractivity contribution in [3.8, 4) is 0 Å². The first-order chi connectivity index (χ1) is 14.6. The molecule has 0 saturated carbocycles. The summed E-state index contributed by atoms with van der Waals surface area (Å²) in [4.78, 5) is 9.26. The maximum absolute atomic E-state index is 9.26. The number of carbonyl (C=O) groups excluding carboxylic acids is 1. The van der Waals surface area contributed by atoms with Crippen LogP contribution in [0.3, 0.4) is 0 Å². The second-order valence-corrected chi connectivity index (χ2v) is 17.6. The van der Waals surface area contributed by atoms with Gasteiger partial charge in [-0.05, 0) is 6.42 Å². The van der Waals surface area contributed by atoms with Gasteiger partial charge in [0, 0.05) is 5.97 Å². The molecular weight excluding hydrogens is 475 g/mol. The third-order valence-corrected chi connectivity index (χ3v) is 15.0. The number of hydrogen-bond donors (Lipinski definition) is 0. The average molecular weight is 531 g/mol. The zero-order chi connectivity index (χ0) is 22.7. The van der Waals surface area contributed by atoms with E-state index >= 15 is 0 Å². The summed E-state index contributed by atoms with van der Waals surface area (Å²) < 4.78 is 5.16. The molecule has 0 saturated heterocycles. The second-order valence-electron chi connectivity index (χ2n) is 9.03. The van der Waals surface area contributed by atoms with Crippen LogP contribution in [-0.2, 0) is 4.79 Å². The summed E-state index contributed by atoms with van der Waals surface area (Å²) >= 11 is -1.02. The molecular formula is C27H56O2Sn. The van der Waals surface area contributed by atoms with E-state index in [4.69, 9.17) is 0 Å². The van der Waals surface area contributed by atoms with Crippen LogP contribution in [0.25, 0.3) is 0 Å². The monoisotopic (exact) mass is 532 g/mol. The van der Waals surface area contributed by atoms with E-state index in [9.17, 15) is 9.90 Å². The van der Waals surface area contributed by atoms with Gasteiger partial charge in [-0.15, -0.1) is 0 Å². The fourth-order valence-electron chi connectivity index (χ4n) is 3.84. The summed E-state index contributed by atoms with van der Waals surface area (Å²) in [5.41, 5.74) is 0. The Kier molecular flexibility index (Phi) is 31.7. The van der Waals surface area contributed by atoms with Crippen molar-refractivity contribution >= 4 is 25.7 Å². The third-order valence-electron chi connectivity index (χ3n) is 5.94. The molecule has 180 valence electrons. The number of aliphatic carboxylic acids is 1.